The van der Waals surface area contributed by atoms with Crippen LogP contribution in [-0.2, 0) is 4.74 Å². The molecule has 5 nitrogen and oxygen atoms in total. The second-order valence-corrected chi connectivity index (χ2v) is 6.88. The molecule has 1 heterocycles. The summed E-state index contributed by atoms with van der Waals surface area (Å²) in [5, 5.41) is 0.530. The van der Waals surface area contributed by atoms with Crippen LogP contribution in [0.1, 0.15) is 32.1 Å². The lowest BCUT2D eigenvalue weighted by atomic mass is 10.1. The summed E-state index contributed by atoms with van der Waals surface area (Å²) in [6.45, 7) is 3.17. The molecule has 1 aromatic heterocycles. The molecule has 7 heteroatoms. The Hall–Kier alpha value is -3.12. The van der Waals surface area contributed by atoms with Gasteiger partial charge in [0.25, 0.3) is 0 Å². The number of carbonyl (C=O) groups is 2. The van der Waals surface area contributed by atoms with E-state index in [1.54, 1.807) is 38.3 Å². The molecule has 29 heavy (non-hydrogen) atoms. The van der Waals surface area contributed by atoms with Crippen molar-refractivity contribution in [3.05, 3.63) is 81.9 Å². The van der Waals surface area contributed by atoms with Gasteiger partial charge in [-0.15, -0.1) is 0 Å². The van der Waals surface area contributed by atoms with Gasteiger partial charge in [0.1, 0.15) is 11.6 Å². The lowest BCUT2D eigenvalue weighted by Crippen LogP contribution is -2.15. The van der Waals surface area contributed by atoms with E-state index in [1.807, 2.05) is 11.5 Å². The molecular formula is C22H19ClFNO4. The van der Waals surface area contributed by atoms with Crippen LogP contribution in [0, 0.1) is 19.7 Å². The molecule has 3 rings (SSSR count). The molecule has 0 amide bonds. The van der Waals surface area contributed by atoms with E-state index in [0.29, 0.717) is 27.7 Å². The van der Waals surface area contributed by atoms with Crippen molar-refractivity contribution in [3.8, 4) is 11.4 Å². The first-order chi connectivity index (χ1) is 13.8. The van der Waals surface area contributed by atoms with Gasteiger partial charge in [-0.25, -0.2) is 9.18 Å². The number of rotatable bonds is 6. The van der Waals surface area contributed by atoms with Crippen LogP contribution in [0.25, 0.3) is 5.69 Å². The van der Waals surface area contributed by atoms with Crippen LogP contribution >= 0.6 is 11.6 Å². The van der Waals surface area contributed by atoms with Crippen molar-refractivity contribution in [1.29, 1.82) is 0 Å². The number of benzene rings is 2. The largest absolute Gasteiger partial charge is 0.495 e. The SMILES string of the molecule is COc1ccc(Cl)cc1-n1c(C)cc(C(=O)OCC(=O)c2ccc(F)cc2)c1C. The molecule has 0 fully saturated rings. The number of aryl methyl sites for hydroxylation is 1. The van der Waals surface area contributed by atoms with Crippen LogP contribution in [0.5, 0.6) is 5.75 Å². The molecule has 0 saturated carbocycles. The summed E-state index contributed by atoms with van der Waals surface area (Å²) in [6.07, 6.45) is 0. The zero-order valence-electron chi connectivity index (χ0n) is 16.2. The van der Waals surface area contributed by atoms with Crippen molar-refractivity contribution in [2.24, 2.45) is 0 Å². The van der Waals surface area contributed by atoms with Gasteiger partial charge in [0.05, 0.1) is 18.4 Å². The fourth-order valence-electron chi connectivity index (χ4n) is 3.11. The summed E-state index contributed by atoms with van der Waals surface area (Å²) >= 11 is 6.13. The number of Topliss-reactive ketones (excluding diaryl/α,β-unsaturated/α-hetero) is 1. The van der Waals surface area contributed by atoms with Gasteiger partial charge in [-0.2, -0.15) is 0 Å². The Kier molecular flexibility index (Phi) is 6.03. The van der Waals surface area contributed by atoms with Gasteiger partial charge in [0, 0.05) is 22.0 Å². The van der Waals surface area contributed by atoms with Crippen LogP contribution in [0.4, 0.5) is 4.39 Å². The minimum atomic E-state index is -0.624. The number of nitrogens with zero attached hydrogens (tertiary/aromatic N) is 1. The molecule has 3 aromatic rings. The summed E-state index contributed by atoms with van der Waals surface area (Å²) in [5.74, 6) is -0.880. The summed E-state index contributed by atoms with van der Waals surface area (Å²) in [5.41, 5.74) is 2.70. The smallest absolute Gasteiger partial charge is 0.340 e. The Morgan fingerprint density at radius 2 is 1.76 bits per heavy atom. The van der Waals surface area contributed by atoms with Crippen molar-refractivity contribution in [1.82, 2.24) is 4.57 Å². The Bertz CT molecular complexity index is 1070. The molecule has 150 valence electrons. The average molecular weight is 416 g/mol. The third kappa shape index (κ3) is 4.32. The molecule has 0 spiro atoms. The molecule has 2 aromatic carbocycles. The zero-order chi connectivity index (χ0) is 21.1. The number of aromatic nitrogens is 1. The number of esters is 1. The van der Waals surface area contributed by atoms with Crippen LogP contribution in [0.2, 0.25) is 5.02 Å². The van der Waals surface area contributed by atoms with E-state index < -0.39 is 24.2 Å². The molecule has 0 radical (unpaired) electrons. The van der Waals surface area contributed by atoms with Gasteiger partial charge in [0.2, 0.25) is 0 Å². The van der Waals surface area contributed by atoms with E-state index in [0.717, 1.165) is 5.69 Å². The van der Waals surface area contributed by atoms with Crippen molar-refractivity contribution in [2.75, 3.05) is 13.7 Å². The maximum Gasteiger partial charge on any atom is 0.340 e. The highest BCUT2D eigenvalue weighted by atomic mass is 35.5. The monoisotopic (exact) mass is 415 g/mol. The molecule has 0 aliphatic heterocycles. The highest BCUT2D eigenvalue weighted by Gasteiger charge is 2.21. The summed E-state index contributed by atoms with van der Waals surface area (Å²) in [6, 6.07) is 12.0. The normalized spacial score (nSPS) is 10.7. The molecule has 0 aliphatic rings. The lowest BCUT2D eigenvalue weighted by molar-refractivity contribution is 0.0474. The summed E-state index contributed by atoms with van der Waals surface area (Å²) < 4.78 is 25.4. The topological polar surface area (TPSA) is 57.5 Å². The van der Waals surface area contributed by atoms with Crippen LogP contribution in [-0.4, -0.2) is 30.0 Å². The van der Waals surface area contributed by atoms with E-state index in [2.05, 4.69) is 0 Å². The first kappa shape index (κ1) is 20.6. The second kappa shape index (κ2) is 8.49. The number of halogens is 2. The Balaban J connectivity index is 1.82. The Morgan fingerprint density at radius 1 is 1.07 bits per heavy atom. The van der Waals surface area contributed by atoms with Gasteiger partial charge >= 0.3 is 5.97 Å². The standard InChI is InChI=1S/C22H19ClFNO4/c1-13-10-18(14(2)25(13)19-11-16(23)6-9-21(19)28-3)22(27)29-12-20(26)15-4-7-17(24)8-5-15/h4-11H,12H2,1-3H3. The number of hydrogen-bond acceptors (Lipinski definition) is 4. The number of ketones is 1. The van der Waals surface area contributed by atoms with Crippen LogP contribution in [0.15, 0.2) is 48.5 Å². The van der Waals surface area contributed by atoms with Gasteiger partial charge in [-0.1, -0.05) is 11.6 Å². The minimum Gasteiger partial charge on any atom is -0.495 e. The first-order valence-corrected chi connectivity index (χ1v) is 9.18. The fourth-order valence-corrected chi connectivity index (χ4v) is 3.27. The van der Waals surface area contributed by atoms with Gasteiger partial charge in [-0.3, -0.25) is 4.79 Å². The molecular weight excluding hydrogens is 397 g/mol. The predicted octanol–water partition coefficient (Wildman–Crippen LogP) is 4.93. The molecule has 0 unspecified atom stereocenters. The molecule has 0 saturated heterocycles. The number of ether oxygens (including phenoxy) is 2. The van der Waals surface area contributed by atoms with Crippen molar-refractivity contribution in [3.63, 3.8) is 0 Å². The third-order valence-corrected chi connectivity index (χ3v) is 4.77. The van der Waals surface area contributed by atoms with Crippen LogP contribution < -0.4 is 4.74 Å². The maximum atomic E-state index is 13.0. The average Bonchev–Trinajstić information content (AvgIpc) is 3.00. The van der Waals surface area contributed by atoms with Gasteiger partial charge < -0.3 is 14.0 Å². The van der Waals surface area contributed by atoms with E-state index in [9.17, 15) is 14.0 Å². The molecule has 0 bridgehead atoms. The highest BCUT2D eigenvalue weighted by Crippen LogP contribution is 2.30. The highest BCUT2D eigenvalue weighted by molar-refractivity contribution is 6.30. The Morgan fingerprint density at radius 3 is 2.41 bits per heavy atom. The van der Waals surface area contributed by atoms with E-state index >= 15 is 0 Å². The first-order valence-electron chi connectivity index (χ1n) is 8.80. The lowest BCUT2D eigenvalue weighted by Gasteiger charge is -2.14. The Labute approximate surface area is 172 Å². The van der Waals surface area contributed by atoms with Gasteiger partial charge in [-0.05, 0) is 62.4 Å². The molecule has 0 aliphatic carbocycles. The van der Waals surface area contributed by atoms with E-state index in [-0.39, 0.29) is 5.56 Å². The second-order valence-electron chi connectivity index (χ2n) is 6.44. The van der Waals surface area contributed by atoms with Gasteiger partial charge in [0.15, 0.2) is 12.4 Å². The molecule has 0 atom stereocenters. The van der Waals surface area contributed by atoms with Crippen LogP contribution in [0.3, 0.4) is 0 Å². The summed E-state index contributed by atoms with van der Waals surface area (Å²) in [4.78, 5) is 24.7. The quantitative estimate of drug-likeness (QED) is 0.423. The maximum absolute atomic E-state index is 13.0. The number of methoxy groups -OCH3 is 1. The van der Waals surface area contributed by atoms with Crippen molar-refractivity contribution in [2.45, 2.75) is 13.8 Å². The van der Waals surface area contributed by atoms with E-state index in [4.69, 9.17) is 21.1 Å². The zero-order valence-corrected chi connectivity index (χ0v) is 16.9. The summed E-state index contributed by atoms with van der Waals surface area (Å²) in [7, 11) is 1.55. The van der Waals surface area contributed by atoms with E-state index in [1.165, 1.54) is 24.3 Å². The predicted molar refractivity (Wildman–Crippen MR) is 108 cm³/mol. The van der Waals surface area contributed by atoms with Crippen molar-refractivity contribution >= 4 is 23.4 Å². The number of carbonyl (C=O) groups excluding carboxylic acids is 2. The fraction of sp³-hybridized carbons (Fsp3) is 0.182. The third-order valence-electron chi connectivity index (χ3n) is 4.53. The molecule has 0 N–H and O–H groups in total. The van der Waals surface area contributed by atoms with Crippen molar-refractivity contribution < 1.29 is 23.5 Å². The number of hydrogen-bond donors (Lipinski definition) is 0. The minimum absolute atomic E-state index is 0.272.